The molecule has 1 atom stereocenters. The summed E-state index contributed by atoms with van der Waals surface area (Å²) in [6, 6.07) is 7.35. The van der Waals surface area contributed by atoms with Crippen LogP contribution in [0, 0.1) is 5.92 Å². The Bertz CT molecular complexity index is 462. The Morgan fingerprint density at radius 3 is 2.48 bits per heavy atom. The molecule has 0 spiro atoms. The van der Waals surface area contributed by atoms with Crippen molar-refractivity contribution in [2.45, 2.75) is 6.92 Å². The van der Waals surface area contributed by atoms with Crippen LogP contribution in [0.4, 0.5) is 5.69 Å². The van der Waals surface area contributed by atoms with Gasteiger partial charge in [0.15, 0.2) is 0 Å². The lowest BCUT2D eigenvalue weighted by Crippen LogP contribution is -2.51. The fraction of sp³-hybridized carbons (Fsp3) is 0.533. The number of benzene rings is 1. The minimum absolute atomic E-state index is 0. The Morgan fingerprint density at radius 2 is 1.90 bits per heavy atom. The zero-order valence-electron chi connectivity index (χ0n) is 12.6. The largest absolute Gasteiger partial charge is 0.506 e. The third-order valence-electron chi connectivity index (χ3n) is 3.75. The number of nitrogens with one attached hydrogen (secondary N) is 1. The summed E-state index contributed by atoms with van der Waals surface area (Å²) in [5, 5.41) is 12.9. The Kier molecular flexibility index (Phi) is 6.78. The first-order valence-electron chi connectivity index (χ1n) is 7.10. The van der Waals surface area contributed by atoms with Gasteiger partial charge in [-0.05, 0) is 19.2 Å². The van der Waals surface area contributed by atoms with Crippen LogP contribution >= 0.6 is 12.4 Å². The van der Waals surface area contributed by atoms with Crippen LogP contribution in [0.25, 0.3) is 0 Å². The fourth-order valence-corrected chi connectivity index (χ4v) is 2.60. The predicted octanol–water partition coefficient (Wildman–Crippen LogP) is 1.32. The molecule has 1 fully saturated rings. The molecule has 1 amide bonds. The van der Waals surface area contributed by atoms with E-state index < -0.39 is 0 Å². The van der Waals surface area contributed by atoms with Crippen molar-refractivity contribution in [2.75, 3.05) is 44.7 Å². The molecule has 0 aromatic heterocycles. The number of anilines is 1. The number of rotatable bonds is 4. The molecule has 118 valence electrons. The lowest BCUT2D eigenvalue weighted by atomic mass is 10.1. The normalized spacial score (nSPS) is 16.3. The molecule has 1 saturated heterocycles. The van der Waals surface area contributed by atoms with E-state index in [0.29, 0.717) is 25.4 Å². The lowest BCUT2D eigenvalue weighted by molar-refractivity contribution is -0.135. The van der Waals surface area contributed by atoms with E-state index in [-0.39, 0.29) is 24.2 Å². The van der Waals surface area contributed by atoms with E-state index >= 15 is 0 Å². The van der Waals surface area contributed by atoms with Crippen LogP contribution in [0.3, 0.4) is 0 Å². The molecule has 5 nitrogen and oxygen atoms in total. The molecule has 1 unspecified atom stereocenters. The summed E-state index contributed by atoms with van der Waals surface area (Å²) < 4.78 is 0. The molecule has 1 aromatic rings. The first-order valence-corrected chi connectivity index (χ1v) is 7.10. The van der Waals surface area contributed by atoms with E-state index in [1.165, 1.54) is 0 Å². The molecule has 21 heavy (non-hydrogen) atoms. The summed E-state index contributed by atoms with van der Waals surface area (Å²) in [5.41, 5.74) is 0.850. The van der Waals surface area contributed by atoms with E-state index in [0.717, 1.165) is 18.8 Å². The number of carbonyl (C=O) groups excluding carboxylic acids is 1. The average molecular weight is 314 g/mol. The van der Waals surface area contributed by atoms with Gasteiger partial charge in [-0.25, -0.2) is 0 Å². The number of phenolic OH excluding ortho intramolecular Hbond substituents is 1. The van der Waals surface area contributed by atoms with Crippen molar-refractivity contribution in [1.82, 2.24) is 10.2 Å². The van der Waals surface area contributed by atoms with E-state index in [1.54, 1.807) is 6.07 Å². The molecule has 0 radical (unpaired) electrons. The summed E-state index contributed by atoms with van der Waals surface area (Å²) in [7, 11) is 1.86. The number of halogens is 1. The van der Waals surface area contributed by atoms with Gasteiger partial charge >= 0.3 is 0 Å². The highest BCUT2D eigenvalue weighted by Gasteiger charge is 2.25. The van der Waals surface area contributed by atoms with Gasteiger partial charge in [0.2, 0.25) is 5.91 Å². The molecule has 0 aliphatic carbocycles. The number of amides is 1. The van der Waals surface area contributed by atoms with E-state index in [1.807, 2.05) is 37.1 Å². The Balaban J connectivity index is 0.00000220. The molecule has 1 aliphatic rings. The molecular weight excluding hydrogens is 290 g/mol. The second kappa shape index (κ2) is 8.10. The van der Waals surface area contributed by atoms with Crippen LogP contribution in [-0.2, 0) is 4.79 Å². The Labute approximate surface area is 132 Å². The number of hydrogen-bond acceptors (Lipinski definition) is 4. The minimum atomic E-state index is 0. The highest BCUT2D eigenvalue weighted by Crippen LogP contribution is 2.27. The fourth-order valence-electron chi connectivity index (χ4n) is 2.60. The van der Waals surface area contributed by atoms with Gasteiger partial charge < -0.3 is 20.2 Å². The van der Waals surface area contributed by atoms with E-state index in [9.17, 15) is 9.90 Å². The molecule has 1 aliphatic heterocycles. The van der Waals surface area contributed by atoms with Gasteiger partial charge in [0.1, 0.15) is 5.75 Å². The zero-order chi connectivity index (χ0) is 14.5. The third-order valence-corrected chi connectivity index (χ3v) is 3.75. The average Bonchev–Trinajstić information content (AvgIpc) is 2.47. The van der Waals surface area contributed by atoms with Gasteiger partial charge in [-0.15, -0.1) is 12.4 Å². The van der Waals surface area contributed by atoms with Crippen LogP contribution in [-0.4, -0.2) is 55.7 Å². The SMILES string of the molecule is CNCC(C)C(=O)N1CCN(c2ccccc2O)CC1.Cl. The van der Waals surface area contributed by atoms with Crippen molar-refractivity contribution in [1.29, 1.82) is 0 Å². The van der Waals surface area contributed by atoms with Crippen LogP contribution in [0.1, 0.15) is 6.92 Å². The maximum atomic E-state index is 12.2. The predicted molar refractivity (Wildman–Crippen MR) is 87.2 cm³/mol. The first-order chi connectivity index (χ1) is 9.63. The summed E-state index contributed by atoms with van der Waals surface area (Å²) in [6.07, 6.45) is 0. The zero-order valence-corrected chi connectivity index (χ0v) is 13.4. The van der Waals surface area contributed by atoms with Gasteiger partial charge in [-0.2, -0.15) is 0 Å². The number of piperazine rings is 1. The van der Waals surface area contributed by atoms with E-state index in [2.05, 4.69) is 10.2 Å². The quantitative estimate of drug-likeness (QED) is 0.880. The van der Waals surface area contributed by atoms with Gasteiger partial charge in [0.05, 0.1) is 5.69 Å². The second-order valence-corrected chi connectivity index (χ2v) is 5.26. The summed E-state index contributed by atoms with van der Waals surface area (Å²) in [6.45, 7) is 5.60. The Hall–Kier alpha value is -1.46. The topological polar surface area (TPSA) is 55.8 Å². The van der Waals surface area contributed by atoms with Crippen LogP contribution < -0.4 is 10.2 Å². The number of carbonyl (C=O) groups is 1. The Morgan fingerprint density at radius 1 is 1.29 bits per heavy atom. The summed E-state index contributed by atoms with van der Waals surface area (Å²) in [4.78, 5) is 16.3. The van der Waals surface area contributed by atoms with Crippen LogP contribution in [0.15, 0.2) is 24.3 Å². The minimum Gasteiger partial charge on any atom is -0.506 e. The molecule has 1 heterocycles. The molecule has 1 aromatic carbocycles. The van der Waals surface area contributed by atoms with Crippen molar-refractivity contribution >= 4 is 24.0 Å². The molecule has 2 N–H and O–H groups in total. The molecule has 0 bridgehead atoms. The molecular formula is C15H24ClN3O2. The van der Waals surface area contributed by atoms with Gasteiger partial charge in [-0.1, -0.05) is 19.1 Å². The number of nitrogens with zero attached hydrogens (tertiary/aromatic N) is 2. The number of para-hydroxylation sites is 2. The molecule has 2 rings (SSSR count). The highest BCUT2D eigenvalue weighted by atomic mass is 35.5. The van der Waals surface area contributed by atoms with E-state index in [4.69, 9.17) is 0 Å². The summed E-state index contributed by atoms with van der Waals surface area (Å²) in [5.74, 6) is 0.517. The highest BCUT2D eigenvalue weighted by molar-refractivity contribution is 5.85. The van der Waals surface area contributed by atoms with Gasteiger partial charge in [0, 0.05) is 38.6 Å². The van der Waals surface area contributed by atoms with Gasteiger partial charge in [-0.3, -0.25) is 4.79 Å². The van der Waals surface area contributed by atoms with Crippen molar-refractivity contribution in [3.63, 3.8) is 0 Å². The lowest BCUT2D eigenvalue weighted by Gasteiger charge is -2.37. The van der Waals surface area contributed by atoms with Crippen molar-refractivity contribution in [3.8, 4) is 5.75 Å². The number of hydrogen-bond donors (Lipinski definition) is 2. The van der Waals surface area contributed by atoms with Crippen molar-refractivity contribution < 1.29 is 9.90 Å². The first kappa shape index (κ1) is 17.6. The monoisotopic (exact) mass is 313 g/mol. The number of aromatic hydroxyl groups is 1. The standard InChI is InChI=1S/C15H23N3O2.ClH/c1-12(11-16-2)15(20)18-9-7-17(8-10-18)13-5-3-4-6-14(13)19;/h3-6,12,16,19H,7-11H2,1-2H3;1H. The van der Waals surface area contributed by atoms with Crippen molar-refractivity contribution in [2.24, 2.45) is 5.92 Å². The van der Waals surface area contributed by atoms with Crippen LogP contribution in [0.2, 0.25) is 0 Å². The summed E-state index contributed by atoms with van der Waals surface area (Å²) >= 11 is 0. The van der Waals surface area contributed by atoms with Gasteiger partial charge in [0.25, 0.3) is 0 Å². The number of phenols is 1. The molecule has 0 saturated carbocycles. The smallest absolute Gasteiger partial charge is 0.226 e. The maximum absolute atomic E-state index is 12.2. The van der Waals surface area contributed by atoms with Crippen LogP contribution in [0.5, 0.6) is 5.75 Å². The third kappa shape index (κ3) is 4.25. The second-order valence-electron chi connectivity index (χ2n) is 5.26. The molecule has 6 heteroatoms. The maximum Gasteiger partial charge on any atom is 0.226 e. The van der Waals surface area contributed by atoms with Crippen molar-refractivity contribution in [3.05, 3.63) is 24.3 Å².